The minimum Gasteiger partial charge on any atom is -0.455 e. The predicted molar refractivity (Wildman–Crippen MR) is 339 cm³/mol. The van der Waals surface area contributed by atoms with Crippen LogP contribution in [0.15, 0.2) is 270 Å². The van der Waals surface area contributed by atoms with Gasteiger partial charge < -0.3 is 18.2 Å². The molecule has 5 heteroatoms. The second-order valence-corrected chi connectivity index (χ2v) is 22.2. The molecular formula is C76H47BN2O2. The molecular weight excluding hydrogens is 984 g/mol. The van der Waals surface area contributed by atoms with Crippen molar-refractivity contribution in [3.8, 4) is 33.4 Å². The van der Waals surface area contributed by atoms with Crippen LogP contribution < -0.4 is 15.8 Å². The van der Waals surface area contributed by atoms with Gasteiger partial charge in [0, 0.05) is 66.2 Å². The molecule has 0 bridgehead atoms. The molecule has 0 N–H and O–H groups in total. The highest BCUT2D eigenvalue weighted by atomic mass is 16.3. The largest absolute Gasteiger partial charge is 0.455 e. The molecule has 376 valence electrons. The Morgan fingerprint density at radius 2 is 0.840 bits per heavy atom. The monoisotopic (exact) mass is 1030 g/mol. The van der Waals surface area contributed by atoms with E-state index in [4.69, 9.17) is 8.83 Å². The highest BCUT2D eigenvalue weighted by Gasteiger charge is 2.46. The van der Waals surface area contributed by atoms with Crippen LogP contribution in [0.2, 0.25) is 0 Å². The van der Waals surface area contributed by atoms with Crippen molar-refractivity contribution in [3.05, 3.63) is 283 Å². The van der Waals surface area contributed by atoms with Gasteiger partial charge in [0.1, 0.15) is 22.3 Å². The van der Waals surface area contributed by atoms with E-state index in [1.165, 1.54) is 60.1 Å². The summed E-state index contributed by atoms with van der Waals surface area (Å²) in [5.74, 6) is 0. The van der Waals surface area contributed by atoms with Crippen molar-refractivity contribution >= 4 is 122 Å². The van der Waals surface area contributed by atoms with Crippen LogP contribution in [0.25, 0.3) is 121 Å². The minimum absolute atomic E-state index is 0.278. The van der Waals surface area contributed by atoms with Gasteiger partial charge in [-0.2, -0.15) is 0 Å². The fourth-order valence-corrected chi connectivity index (χ4v) is 14.4. The Hall–Kier alpha value is -10.4. The zero-order chi connectivity index (χ0) is 52.9. The van der Waals surface area contributed by atoms with Crippen molar-refractivity contribution in [2.24, 2.45) is 0 Å². The summed E-state index contributed by atoms with van der Waals surface area (Å²) in [6.07, 6.45) is 1.56. The Bertz CT molecular complexity index is 5230. The van der Waals surface area contributed by atoms with Gasteiger partial charge in [-0.05, 0) is 144 Å². The van der Waals surface area contributed by atoms with Gasteiger partial charge in [-0.25, -0.2) is 0 Å². The van der Waals surface area contributed by atoms with Gasteiger partial charge in [0.05, 0.1) is 5.39 Å². The van der Waals surface area contributed by atoms with Gasteiger partial charge >= 0.3 is 6.85 Å². The van der Waals surface area contributed by atoms with Crippen molar-refractivity contribution in [2.75, 3.05) is 4.90 Å². The third-order valence-electron chi connectivity index (χ3n) is 17.8. The van der Waals surface area contributed by atoms with Crippen molar-refractivity contribution < 1.29 is 8.83 Å². The topological polar surface area (TPSA) is 34.5 Å². The first-order valence-corrected chi connectivity index (χ1v) is 28.2. The maximum Gasteiger partial charge on any atom is 0.333 e. The van der Waals surface area contributed by atoms with Crippen molar-refractivity contribution in [1.29, 1.82) is 0 Å². The molecule has 0 saturated carbocycles. The first-order valence-electron chi connectivity index (χ1n) is 28.2. The van der Waals surface area contributed by atoms with E-state index in [1.54, 1.807) is 0 Å². The van der Waals surface area contributed by atoms with E-state index in [-0.39, 0.29) is 6.85 Å². The quantitative estimate of drug-likeness (QED) is 0.118. The lowest BCUT2D eigenvalue weighted by molar-refractivity contribution is 0.670. The first kappa shape index (κ1) is 44.6. The van der Waals surface area contributed by atoms with Crippen LogP contribution in [0, 0.1) is 0 Å². The Morgan fingerprint density at radius 3 is 1.44 bits per heavy atom. The molecule has 0 aliphatic carbocycles. The summed E-state index contributed by atoms with van der Waals surface area (Å²) >= 11 is 0. The Morgan fingerprint density at radius 1 is 0.358 bits per heavy atom. The van der Waals surface area contributed by atoms with Crippen LogP contribution in [0.1, 0.15) is 22.3 Å². The van der Waals surface area contributed by atoms with Gasteiger partial charge in [-0.1, -0.05) is 206 Å². The van der Waals surface area contributed by atoms with E-state index in [1.807, 2.05) is 0 Å². The van der Waals surface area contributed by atoms with E-state index < -0.39 is 0 Å². The highest BCUT2D eigenvalue weighted by Crippen LogP contribution is 2.53. The van der Waals surface area contributed by atoms with Crippen molar-refractivity contribution in [2.45, 2.75) is 12.8 Å². The van der Waals surface area contributed by atoms with Crippen molar-refractivity contribution in [3.63, 3.8) is 0 Å². The predicted octanol–water partition coefficient (Wildman–Crippen LogP) is 18.8. The maximum absolute atomic E-state index is 7.33. The van der Waals surface area contributed by atoms with Crippen LogP contribution in [0.4, 0.5) is 17.1 Å². The number of aromatic nitrogens is 1. The number of benzene rings is 13. The van der Waals surface area contributed by atoms with E-state index in [0.717, 1.165) is 124 Å². The van der Waals surface area contributed by atoms with Crippen LogP contribution >= 0.6 is 0 Å². The highest BCUT2D eigenvalue weighted by molar-refractivity contribution is 6.90. The zero-order valence-electron chi connectivity index (χ0n) is 44.0. The summed E-state index contributed by atoms with van der Waals surface area (Å²) in [7, 11) is 0. The third kappa shape index (κ3) is 6.49. The van der Waals surface area contributed by atoms with Gasteiger partial charge in [0.15, 0.2) is 0 Å². The summed E-state index contributed by atoms with van der Waals surface area (Å²) < 4.78 is 17.1. The maximum atomic E-state index is 7.33. The molecule has 81 heavy (non-hydrogen) atoms. The van der Waals surface area contributed by atoms with Crippen LogP contribution in [0.3, 0.4) is 0 Å². The lowest BCUT2D eigenvalue weighted by Gasteiger charge is -2.41. The SMILES string of the molecule is c1ccc(Cc2c3ccccc3c(Cc3ccccc3)c3cc4c(cc23)B2c3c(cc5c(oc6ccccc65)c3-c3cc5c6ccccc6oc5c5c6ccccc6n2c35)N4c2cc(-c3ccccc3)cc(-c3ccccc3)c2)cc1. The average molecular weight is 1030 g/mol. The normalized spacial score (nSPS) is 12.7. The lowest BCUT2D eigenvalue weighted by atomic mass is 9.44. The molecule has 0 fully saturated rings. The van der Waals surface area contributed by atoms with Crippen LogP contribution in [-0.2, 0) is 12.8 Å². The second kappa shape index (κ2) is 17.1. The number of anilines is 3. The fourth-order valence-electron chi connectivity index (χ4n) is 14.4. The minimum atomic E-state index is -0.278. The number of furan rings is 2. The molecule has 0 amide bonds. The number of nitrogens with zero attached hydrogens (tertiary/aromatic N) is 2. The summed E-state index contributed by atoms with van der Waals surface area (Å²) in [5, 5.41) is 11.8. The third-order valence-corrected chi connectivity index (χ3v) is 17.8. The Balaban J connectivity index is 1.06. The molecule has 18 rings (SSSR count). The van der Waals surface area contributed by atoms with E-state index in [2.05, 4.69) is 270 Å². The van der Waals surface area contributed by atoms with Crippen LogP contribution in [-0.4, -0.2) is 11.3 Å². The number of hydrogen-bond donors (Lipinski definition) is 0. The van der Waals surface area contributed by atoms with E-state index >= 15 is 0 Å². The molecule has 13 aromatic carbocycles. The lowest BCUT2D eigenvalue weighted by Crippen LogP contribution is -2.56. The number of rotatable bonds is 7. The van der Waals surface area contributed by atoms with Crippen LogP contribution in [0.5, 0.6) is 0 Å². The molecule has 0 saturated heterocycles. The average Bonchev–Trinajstić information content (AvgIpc) is 4.24. The van der Waals surface area contributed by atoms with Gasteiger partial charge in [-0.3, -0.25) is 0 Å². The molecule has 5 heterocycles. The van der Waals surface area contributed by atoms with E-state index in [0.29, 0.717) is 0 Å². The molecule has 0 radical (unpaired) electrons. The summed E-state index contributed by atoms with van der Waals surface area (Å²) in [5.41, 5.74) is 23.8. The van der Waals surface area contributed by atoms with Gasteiger partial charge in [0.25, 0.3) is 0 Å². The molecule has 0 spiro atoms. The van der Waals surface area contributed by atoms with Crippen molar-refractivity contribution in [1.82, 2.24) is 4.48 Å². The van der Waals surface area contributed by atoms with Gasteiger partial charge in [-0.15, -0.1) is 0 Å². The summed E-state index contributed by atoms with van der Waals surface area (Å²) in [4.78, 5) is 2.63. The first-order chi connectivity index (χ1) is 40.2. The molecule has 0 atom stereocenters. The number of fused-ring (bicyclic) bond motifs is 17. The molecule has 4 nitrogen and oxygen atoms in total. The second-order valence-electron chi connectivity index (χ2n) is 22.2. The molecule has 2 aliphatic rings. The van der Waals surface area contributed by atoms with Gasteiger partial charge in [0.2, 0.25) is 0 Å². The molecule has 0 unspecified atom stereocenters. The van der Waals surface area contributed by atoms with E-state index in [9.17, 15) is 0 Å². The molecule has 3 aromatic heterocycles. The molecule has 16 aromatic rings. The Kier molecular flexibility index (Phi) is 9.40. The Labute approximate surface area is 467 Å². The number of para-hydroxylation sites is 3. The fraction of sp³-hybridized carbons (Fsp3) is 0.0263. The number of hydrogen-bond acceptors (Lipinski definition) is 3. The standard InChI is InChI=1S/C76H47BN2O2/c1-5-21-46(22-6-1)37-58-53-29-13-14-30-54(53)59(38-47-23-7-2-8-24-47)61-44-67-65(43-60(58)61)77-73-68(78(67)52-40-50(48-25-9-3-10-26-48)39-51(41-52)49-27-11-4-12-28-49)45-63-56-32-17-20-36-70(56)80-75(63)71(73)64-42-62-55-31-16-19-35-69(55)81-76(62)72-57-33-15-18-34-66(57)79(77)74(64)72/h1-36,39-45H,37-38H2. The summed E-state index contributed by atoms with van der Waals surface area (Å²) in [6.45, 7) is -0.278. The summed E-state index contributed by atoms with van der Waals surface area (Å²) in [6, 6.07) is 96.4. The smallest absolute Gasteiger partial charge is 0.333 e. The zero-order valence-corrected chi connectivity index (χ0v) is 44.0. The molecule has 2 aliphatic heterocycles.